The van der Waals surface area contributed by atoms with Crippen molar-refractivity contribution >= 4 is 58.3 Å². The molecule has 0 atom stereocenters. The van der Waals surface area contributed by atoms with Crippen LogP contribution in [0.5, 0.6) is 5.75 Å². The summed E-state index contributed by atoms with van der Waals surface area (Å²) in [7, 11) is 0. The second kappa shape index (κ2) is 8.99. The third-order valence-corrected chi connectivity index (χ3v) is 5.04. The van der Waals surface area contributed by atoms with Crippen LogP contribution in [0.3, 0.4) is 0 Å². The molecule has 0 N–H and O–H groups in total. The van der Waals surface area contributed by atoms with E-state index in [0.29, 0.717) is 25.8 Å². The summed E-state index contributed by atoms with van der Waals surface area (Å²) in [4.78, 5) is 4.47. The van der Waals surface area contributed by atoms with Crippen LogP contribution in [-0.2, 0) is 6.61 Å². The molecule has 0 spiro atoms. The minimum absolute atomic E-state index is 0.272. The van der Waals surface area contributed by atoms with E-state index >= 15 is 0 Å². The normalized spacial score (nSPS) is 11.1. The summed E-state index contributed by atoms with van der Waals surface area (Å²) in [6.07, 6.45) is 1.69. The standard InChI is InChI=1S/C21H15Cl4NO/c1-13-6-7-16(22)10-20(13)26-11-14-8-18(24)21(19(25)9-14)27-12-15-4-2-3-5-17(15)23/h2-11H,12H2,1H3. The molecule has 0 radical (unpaired) electrons. The Hall–Kier alpha value is -1.71. The first-order chi connectivity index (χ1) is 12.9. The topological polar surface area (TPSA) is 21.6 Å². The summed E-state index contributed by atoms with van der Waals surface area (Å²) < 4.78 is 5.78. The Labute approximate surface area is 178 Å². The first kappa shape index (κ1) is 20.0. The van der Waals surface area contributed by atoms with Crippen molar-refractivity contribution in [3.8, 4) is 5.75 Å². The molecular weight excluding hydrogens is 424 g/mol. The lowest BCUT2D eigenvalue weighted by Crippen LogP contribution is -1.98. The van der Waals surface area contributed by atoms with E-state index in [2.05, 4.69) is 4.99 Å². The second-order valence-corrected chi connectivity index (χ2v) is 7.54. The Bertz CT molecular complexity index is 978. The maximum atomic E-state index is 6.35. The zero-order valence-electron chi connectivity index (χ0n) is 14.3. The lowest BCUT2D eigenvalue weighted by atomic mass is 10.2. The minimum Gasteiger partial charge on any atom is -0.486 e. The van der Waals surface area contributed by atoms with Crippen molar-refractivity contribution in [2.75, 3.05) is 0 Å². The average Bonchev–Trinajstić information content (AvgIpc) is 2.63. The summed E-state index contributed by atoms with van der Waals surface area (Å²) in [5.41, 5.74) is 3.42. The van der Waals surface area contributed by atoms with Crippen molar-refractivity contribution < 1.29 is 4.74 Å². The van der Waals surface area contributed by atoms with Gasteiger partial charge >= 0.3 is 0 Å². The SMILES string of the molecule is Cc1ccc(Cl)cc1N=Cc1cc(Cl)c(OCc2ccccc2Cl)c(Cl)c1. The summed E-state index contributed by atoms with van der Waals surface area (Å²) in [5.74, 6) is 0.411. The molecule has 0 fully saturated rings. The molecule has 0 aliphatic rings. The van der Waals surface area contributed by atoms with E-state index in [1.807, 2.05) is 37.3 Å². The van der Waals surface area contributed by atoms with Gasteiger partial charge in [0.2, 0.25) is 0 Å². The number of hydrogen-bond donors (Lipinski definition) is 0. The largest absolute Gasteiger partial charge is 0.486 e. The molecule has 3 rings (SSSR count). The van der Waals surface area contributed by atoms with E-state index < -0.39 is 0 Å². The van der Waals surface area contributed by atoms with E-state index in [1.54, 1.807) is 30.5 Å². The first-order valence-corrected chi connectivity index (χ1v) is 9.60. The van der Waals surface area contributed by atoms with E-state index in [1.165, 1.54) is 0 Å². The zero-order valence-corrected chi connectivity index (χ0v) is 17.4. The lowest BCUT2D eigenvalue weighted by Gasteiger charge is -2.11. The highest BCUT2D eigenvalue weighted by Crippen LogP contribution is 2.35. The van der Waals surface area contributed by atoms with Crippen molar-refractivity contribution in [2.24, 2.45) is 4.99 Å². The summed E-state index contributed by atoms with van der Waals surface area (Å²) >= 11 is 24.9. The van der Waals surface area contributed by atoms with Gasteiger partial charge in [-0.2, -0.15) is 0 Å². The fraction of sp³-hybridized carbons (Fsp3) is 0.0952. The van der Waals surface area contributed by atoms with Crippen LogP contribution < -0.4 is 4.74 Å². The highest BCUT2D eigenvalue weighted by Gasteiger charge is 2.10. The molecule has 6 heteroatoms. The molecule has 2 nitrogen and oxygen atoms in total. The van der Waals surface area contributed by atoms with Gasteiger partial charge in [-0.15, -0.1) is 0 Å². The fourth-order valence-electron chi connectivity index (χ4n) is 2.42. The van der Waals surface area contributed by atoms with Gasteiger partial charge in [-0.1, -0.05) is 70.7 Å². The first-order valence-electron chi connectivity index (χ1n) is 8.09. The molecule has 3 aromatic carbocycles. The maximum absolute atomic E-state index is 6.35. The quantitative estimate of drug-likeness (QED) is 0.370. The van der Waals surface area contributed by atoms with Crippen LogP contribution in [0, 0.1) is 6.92 Å². The zero-order chi connectivity index (χ0) is 19.4. The Morgan fingerprint density at radius 3 is 2.30 bits per heavy atom. The van der Waals surface area contributed by atoms with Gasteiger partial charge in [-0.05, 0) is 48.4 Å². The van der Waals surface area contributed by atoms with Crippen LogP contribution in [0.15, 0.2) is 59.6 Å². The van der Waals surface area contributed by atoms with Gasteiger partial charge in [0, 0.05) is 21.8 Å². The number of rotatable bonds is 5. The van der Waals surface area contributed by atoms with Gasteiger partial charge in [0.15, 0.2) is 5.75 Å². The summed E-state index contributed by atoms with van der Waals surface area (Å²) in [6, 6.07) is 16.5. The summed E-state index contributed by atoms with van der Waals surface area (Å²) in [5, 5.41) is 2.06. The Kier molecular flexibility index (Phi) is 6.67. The predicted molar refractivity (Wildman–Crippen MR) is 116 cm³/mol. The molecule has 0 amide bonds. The molecule has 0 bridgehead atoms. The molecule has 0 saturated heterocycles. The third kappa shape index (κ3) is 5.18. The number of ether oxygens (including phenoxy) is 1. The maximum Gasteiger partial charge on any atom is 0.157 e. The van der Waals surface area contributed by atoms with E-state index in [4.69, 9.17) is 51.1 Å². The van der Waals surface area contributed by atoms with Crippen molar-refractivity contribution in [3.05, 3.63) is 91.4 Å². The molecule has 0 aliphatic heterocycles. The monoisotopic (exact) mass is 437 g/mol. The van der Waals surface area contributed by atoms with Gasteiger partial charge < -0.3 is 4.74 Å². The second-order valence-electron chi connectivity index (χ2n) is 5.88. The van der Waals surface area contributed by atoms with Crippen molar-refractivity contribution in [1.82, 2.24) is 0 Å². The lowest BCUT2D eigenvalue weighted by molar-refractivity contribution is 0.306. The Morgan fingerprint density at radius 1 is 0.889 bits per heavy atom. The molecule has 0 saturated carbocycles. The highest BCUT2D eigenvalue weighted by molar-refractivity contribution is 6.37. The predicted octanol–water partition coefficient (Wildman–Crippen LogP) is 7.94. The van der Waals surface area contributed by atoms with Crippen LogP contribution in [0.1, 0.15) is 16.7 Å². The number of halogens is 4. The number of aliphatic imine (C=N–C) groups is 1. The minimum atomic E-state index is 0.272. The van der Waals surface area contributed by atoms with Crippen molar-refractivity contribution in [2.45, 2.75) is 13.5 Å². The molecule has 27 heavy (non-hydrogen) atoms. The van der Waals surface area contributed by atoms with Crippen molar-refractivity contribution in [1.29, 1.82) is 0 Å². The van der Waals surface area contributed by atoms with Crippen LogP contribution >= 0.6 is 46.4 Å². The number of nitrogens with zero attached hydrogens (tertiary/aromatic N) is 1. The van der Waals surface area contributed by atoms with Gasteiger partial charge in [0.25, 0.3) is 0 Å². The molecular formula is C21H15Cl4NO. The number of benzene rings is 3. The van der Waals surface area contributed by atoms with Gasteiger partial charge in [-0.3, -0.25) is 4.99 Å². The Morgan fingerprint density at radius 2 is 1.59 bits per heavy atom. The molecule has 0 unspecified atom stereocenters. The number of aryl methyl sites for hydroxylation is 1. The smallest absolute Gasteiger partial charge is 0.157 e. The third-order valence-electron chi connectivity index (χ3n) is 3.87. The van der Waals surface area contributed by atoms with Gasteiger partial charge in [0.1, 0.15) is 6.61 Å². The van der Waals surface area contributed by atoms with Crippen LogP contribution in [-0.4, -0.2) is 6.21 Å². The fourth-order valence-corrected chi connectivity index (χ4v) is 3.39. The molecule has 0 heterocycles. The molecule has 0 aromatic heterocycles. The van der Waals surface area contributed by atoms with Gasteiger partial charge in [-0.25, -0.2) is 0 Å². The van der Waals surface area contributed by atoms with Crippen LogP contribution in [0.2, 0.25) is 20.1 Å². The van der Waals surface area contributed by atoms with Crippen LogP contribution in [0.4, 0.5) is 5.69 Å². The van der Waals surface area contributed by atoms with Crippen LogP contribution in [0.25, 0.3) is 0 Å². The molecule has 0 aliphatic carbocycles. The van der Waals surface area contributed by atoms with E-state index in [9.17, 15) is 0 Å². The Balaban J connectivity index is 1.79. The van der Waals surface area contributed by atoms with Gasteiger partial charge in [0.05, 0.1) is 15.7 Å². The summed E-state index contributed by atoms with van der Waals surface area (Å²) in [6.45, 7) is 2.24. The van der Waals surface area contributed by atoms with E-state index in [0.717, 1.165) is 22.4 Å². The molecule has 3 aromatic rings. The average molecular weight is 439 g/mol. The highest BCUT2D eigenvalue weighted by atomic mass is 35.5. The van der Waals surface area contributed by atoms with Crippen molar-refractivity contribution in [3.63, 3.8) is 0 Å². The molecule has 138 valence electrons. The number of hydrogen-bond acceptors (Lipinski definition) is 2. The van der Waals surface area contributed by atoms with E-state index in [-0.39, 0.29) is 6.61 Å².